The zero-order chi connectivity index (χ0) is 16.7. The smallest absolute Gasteiger partial charge is 0.338 e. The number of allylic oxidation sites excluding steroid dienone is 1. The van der Waals surface area contributed by atoms with Gasteiger partial charge in [0.15, 0.2) is 0 Å². The summed E-state index contributed by atoms with van der Waals surface area (Å²) in [4.78, 5) is 12.1. The van der Waals surface area contributed by atoms with E-state index in [1.54, 1.807) is 0 Å². The summed E-state index contributed by atoms with van der Waals surface area (Å²) < 4.78 is 5.17. The molecular formula is C22H28O2. The van der Waals surface area contributed by atoms with Gasteiger partial charge in [-0.3, -0.25) is 0 Å². The van der Waals surface area contributed by atoms with E-state index in [0.29, 0.717) is 17.6 Å². The maximum Gasteiger partial charge on any atom is 0.338 e. The van der Waals surface area contributed by atoms with Gasteiger partial charge < -0.3 is 4.74 Å². The second kappa shape index (κ2) is 6.06. The Morgan fingerprint density at radius 2 is 1.62 bits per heavy atom. The molecule has 0 N–H and O–H groups in total. The fraction of sp³-hybridized carbons (Fsp3) is 0.591. The number of esters is 1. The molecule has 5 rings (SSSR count). The molecule has 4 saturated carbocycles. The molecule has 4 aliphatic rings. The van der Waals surface area contributed by atoms with Crippen molar-refractivity contribution in [1.29, 1.82) is 0 Å². The molecule has 0 spiro atoms. The number of ether oxygens (including phenoxy) is 1. The van der Waals surface area contributed by atoms with Gasteiger partial charge in [0, 0.05) is 0 Å². The lowest BCUT2D eigenvalue weighted by Crippen LogP contribution is -2.48. The molecule has 0 aliphatic heterocycles. The van der Waals surface area contributed by atoms with Crippen molar-refractivity contribution in [2.24, 2.45) is 17.8 Å². The molecule has 1 aromatic rings. The number of rotatable bonds is 4. The highest BCUT2D eigenvalue weighted by Crippen LogP contribution is 2.60. The van der Waals surface area contributed by atoms with Crippen molar-refractivity contribution in [2.75, 3.05) is 6.61 Å². The van der Waals surface area contributed by atoms with Crippen molar-refractivity contribution in [3.63, 3.8) is 0 Å². The normalized spacial score (nSPS) is 34.4. The van der Waals surface area contributed by atoms with E-state index in [9.17, 15) is 4.79 Å². The van der Waals surface area contributed by atoms with Gasteiger partial charge in [0.2, 0.25) is 0 Å². The molecule has 2 nitrogen and oxygen atoms in total. The first-order chi connectivity index (χ1) is 11.6. The Bertz CT molecular complexity index is 618. The lowest BCUT2D eigenvalue weighted by Gasteiger charge is -2.57. The Morgan fingerprint density at radius 3 is 2.08 bits per heavy atom. The third kappa shape index (κ3) is 2.60. The Morgan fingerprint density at radius 1 is 1.08 bits per heavy atom. The van der Waals surface area contributed by atoms with E-state index in [1.165, 1.54) is 44.1 Å². The second-order valence-electron chi connectivity index (χ2n) is 8.20. The standard InChI is InChI=1S/C22H28O2/c1-3-20(21(23)24-4-2)18-5-7-19(8-6-18)22-12-15-9-16(13-22)11-17(10-15)14-22/h3,5-8,15-17H,4,9-14H2,1-2H3. The van der Waals surface area contributed by atoms with Gasteiger partial charge >= 0.3 is 5.97 Å². The Labute approximate surface area is 145 Å². The lowest BCUT2D eigenvalue weighted by molar-refractivity contribution is -0.136. The molecular weight excluding hydrogens is 296 g/mol. The molecule has 0 radical (unpaired) electrons. The molecule has 0 aromatic heterocycles. The SMILES string of the molecule is CC=C(C(=O)OCC)c1ccc(C23CC4CC(CC(C4)C2)C3)cc1. The minimum Gasteiger partial charge on any atom is -0.462 e. The number of hydrogen-bond acceptors (Lipinski definition) is 2. The first-order valence-corrected chi connectivity index (χ1v) is 9.58. The highest BCUT2D eigenvalue weighted by atomic mass is 16.5. The van der Waals surface area contributed by atoms with Gasteiger partial charge in [-0.1, -0.05) is 30.3 Å². The van der Waals surface area contributed by atoms with Gasteiger partial charge in [-0.25, -0.2) is 4.79 Å². The molecule has 4 bridgehead atoms. The van der Waals surface area contributed by atoms with E-state index in [4.69, 9.17) is 4.74 Å². The molecule has 4 aliphatic carbocycles. The quantitative estimate of drug-likeness (QED) is 0.567. The fourth-order valence-electron chi connectivity index (χ4n) is 6.08. The molecule has 0 heterocycles. The van der Waals surface area contributed by atoms with Crippen LogP contribution in [0.1, 0.15) is 63.5 Å². The fourth-order valence-corrected chi connectivity index (χ4v) is 6.08. The number of carbonyl (C=O) groups excluding carboxylic acids is 1. The summed E-state index contributed by atoms with van der Waals surface area (Å²) in [6.45, 7) is 4.17. The van der Waals surface area contributed by atoms with Crippen LogP contribution in [0.15, 0.2) is 30.3 Å². The lowest BCUT2D eigenvalue weighted by atomic mass is 9.48. The minimum atomic E-state index is -0.220. The summed E-state index contributed by atoms with van der Waals surface area (Å²) in [5.41, 5.74) is 3.58. The highest BCUT2D eigenvalue weighted by molar-refractivity contribution is 6.16. The largest absolute Gasteiger partial charge is 0.462 e. The van der Waals surface area contributed by atoms with Gasteiger partial charge in [0.25, 0.3) is 0 Å². The van der Waals surface area contributed by atoms with E-state index >= 15 is 0 Å². The zero-order valence-electron chi connectivity index (χ0n) is 14.9. The van der Waals surface area contributed by atoms with Crippen LogP contribution in [0.5, 0.6) is 0 Å². The van der Waals surface area contributed by atoms with Crippen molar-refractivity contribution in [1.82, 2.24) is 0 Å². The second-order valence-corrected chi connectivity index (χ2v) is 8.20. The molecule has 0 amide bonds. The summed E-state index contributed by atoms with van der Waals surface area (Å²) in [6, 6.07) is 8.82. The summed E-state index contributed by atoms with van der Waals surface area (Å²) >= 11 is 0. The predicted octanol–water partition coefficient (Wildman–Crippen LogP) is 5.12. The van der Waals surface area contributed by atoms with Crippen LogP contribution in [0.4, 0.5) is 0 Å². The van der Waals surface area contributed by atoms with Crippen LogP contribution >= 0.6 is 0 Å². The van der Waals surface area contributed by atoms with Crippen LogP contribution < -0.4 is 0 Å². The Kier molecular flexibility index (Phi) is 4.02. The molecule has 4 fully saturated rings. The van der Waals surface area contributed by atoms with Gasteiger partial charge in [-0.15, -0.1) is 0 Å². The van der Waals surface area contributed by atoms with E-state index in [2.05, 4.69) is 24.3 Å². The van der Waals surface area contributed by atoms with E-state index < -0.39 is 0 Å². The molecule has 0 saturated heterocycles. The van der Waals surface area contributed by atoms with Crippen LogP contribution in [0.2, 0.25) is 0 Å². The van der Waals surface area contributed by atoms with Crippen molar-refractivity contribution < 1.29 is 9.53 Å². The van der Waals surface area contributed by atoms with E-state index in [0.717, 1.165) is 23.3 Å². The van der Waals surface area contributed by atoms with Crippen LogP contribution in [0.3, 0.4) is 0 Å². The van der Waals surface area contributed by atoms with Crippen molar-refractivity contribution in [2.45, 2.75) is 57.8 Å². The number of carbonyl (C=O) groups is 1. The van der Waals surface area contributed by atoms with Gasteiger partial charge in [-0.05, 0) is 86.7 Å². The van der Waals surface area contributed by atoms with Gasteiger partial charge in [0.1, 0.15) is 0 Å². The third-order valence-corrected chi connectivity index (χ3v) is 6.63. The van der Waals surface area contributed by atoms with Crippen LogP contribution in [-0.4, -0.2) is 12.6 Å². The summed E-state index contributed by atoms with van der Waals surface area (Å²) in [6.07, 6.45) is 10.4. The zero-order valence-corrected chi connectivity index (χ0v) is 14.9. The predicted molar refractivity (Wildman–Crippen MR) is 96.6 cm³/mol. The maximum atomic E-state index is 12.1. The van der Waals surface area contributed by atoms with Crippen LogP contribution in [-0.2, 0) is 14.9 Å². The van der Waals surface area contributed by atoms with Crippen LogP contribution in [0, 0.1) is 17.8 Å². The van der Waals surface area contributed by atoms with E-state index in [1.807, 2.05) is 19.9 Å². The Balaban J connectivity index is 1.59. The average molecular weight is 324 g/mol. The summed E-state index contributed by atoms with van der Waals surface area (Å²) in [5.74, 6) is 2.66. The first-order valence-electron chi connectivity index (χ1n) is 9.58. The Hall–Kier alpha value is -1.57. The van der Waals surface area contributed by atoms with Gasteiger partial charge in [-0.2, -0.15) is 0 Å². The molecule has 2 heteroatoms. The molecule has 128 valence electrons. The van der Waals surface area contributed by atoms with E-state index in [-0.39, 0.29) is 5.97 Å². The maximum absolute atomic E-state index is 12.1. The first kappa shape index (κ1) is 15.9. The van der Waals surface area contributed by atoms with Crippen molar-refractivity contribution >= 4 is 11.5 Å². The average Bonchev–Trinajstić information content (AvgIpc) is 2.55. The topological polar surface area (TPSA) is 26.3 Å². The molecule has 24 heavy (non-hydrogen) atoms. The summed E-state index contributed by atoms with van der Waals surface area (Å²) in [5, 5.41) is 0. The molecule has 0 atom stereocenters. The van der Waals surface area contributed by atoms with Crippen molar-refractivity contribution in [3.05, 3.63) is 41.5 Å². The molecule has 1 aromatic carbocycles. The van der Waals surface area contributed by atoms with Crippen molar-refractivity contribution in [3.8, 4) is 0 Å². The van der Waals surface area contributed by atoms with Crippen LogP contribution in [0.25, 0.3) is 5.57 Å². The molecule has 0 unspecified atom stereocenters. The van der Waals surface area contributed by atoms with Gasteiger partial charge in [0.05, 0.1) is 12.2 Å². The third-order valence-electron chi connectivity index (χ3n) is 6.63. The number of benzene rings is 1. The number of hydrogen-bond donors (Lipinski definition) is 0. The minimum absolute atomic E-state index is 0.220. The summed E-state index contributed by atoms with van der Waals surface area (Å²) in [7, 11) is 0. The highest BCUT2D eigenvalue weighted by Gasteiger charge is 2.51. The monoisotopic (exact) mass is 324 g/mol.